The lowest BCUT2D eigenvalue weighted by molar-refractivity contribution is 0.476. The molecular weight excluding hydrogens is 302 g/mol. The van der Waals surface area contributed by atoms with Crippen LogP contribution in [0.4, 0.5) is 5.82 Å². The van der Waals surface area contributed by atoms with Crippen molar-refractivity contribution in [3.8, 4) is 0 Å². The zero-order valence-corrected chi connectivity index (χ0v) is 13.3. The van der Waals surface area contributed by atoms with Crippen molar-refractivity contribution in [3.05, 3.63) is 78.4 Å². The second-order valence-corrected chi connectivity index (χ2v) is 5.73. The number of nitrogens with zero attached hydrogens (tertiary/aromatic N) is 3. The third-order valence-electron chi connectivity index (χ3n) is 3.92. The molecule has 5 nitrogen and oxygen atoms in total. The standard InChI is InChI=1S/C19H17N3O2/c1-14-6-7-18-17(10-14)19(21-13-20-18)22(11-15-4-2-8-23-15)12-16-5-3-9-24-16/h2-10,13H,11-12H2,1H3. The Morgan fingerprint density at radius 1 is 0.917 bits per heavy atom. The summed E-state index contributed by atoms with van der Waals surface area (Å²) in [5.41, 5.74) is 2.10. The highest BCUT2D eigenvalue weighted by Gasteiger charge is 2.16. The van der Waals surface area contributed by atoms with Crippen LogP contribution in [0.5, 0.6) is 0 Å². The Morgan fingerprint density at radius 2 is 1.62 bits per heavy atom. The van der Waals surface area contributed by atoms with Gasteiger partial charge in [0.05, 0.1) is 31.1 Å². The number of furan rings is 2. The van der Waals surface area contributed by atoms with Gasteiger partial charge in [0.2, 0.25) is 0 Å². The summed E-state index contributed by atoms with van der Waals surface area (Å²) in [7, 11) is 0. The van der Waals surface area contributed by atoms with E-state index in [0.29, 0.717) is 13.1 Å². The first-order valence-corrected chi connectivity index (χ1v) is 7.81. The molecule has 0 spiro atoms. The summed E-state index contributed by atoms with van der Waals surface area (Å²) < 4.78 is 11.0. The van der Waals surface area contributed by atoms with E-state index in [0.717, 1.165) is 28.2 Å². The van der Waals surface area contributed by atoms with Crippen LogP contribution >= 0.6 is 0 Å². The fourth-order valence-corrected chi connectivity index (χ4v) is 2.80. The van der Waals surface area contributed by atoms with Gasteiger partial charge in [0.15, 0.2) is 0 Å². The molecule has 0 radical (unpaired) electrons. The van der Waals surface area contributed by atoms with E-state index in [-0.39, 0.29) is 0 Å². The fraction of sp³-hybridized carbons (Fsp3) is 0.158. The zero-order valence-electron chi connectivity index (χ0n) is 13.3. The second-order valence-electron chi connectivity index (χ2n) is 5.73. The van der Waals surface area contributed by atoms with Crippen molar-refractivity contribution in [2.45, 2.75) is 20.0 Å². The summed E-state index contributed by atoms with van der Waals surface area (Å²) >= 11 is 0. The van der Waals surface area contributed by atoms with E-state index in [2.05, 4.69) is 33.9 Å². The molecule has 0 aliphatic heterocycles. The number of aromatic nitrogens is 2. The number of aryl methyl sites for hydroxylation is 1. The van der Waals surface area contributed by atoms with Gasteiger partial charge in [-0.1, -0.05) is 11.6 Å². The minimum absolute atomic E-state index is 0.605. The molecule has 0 amide bonds. The third-order valence-corrected chi connectivity index (χ3v) is 3.92. The maximum Gasteiger partial charge on any atom is 0.140 e. The van der Waals surface area contributed by atoms with Crippen LogP contribution < -0.4 is 4.90 Å². The Hall–Kier alpha value is -3.08. The lowest BCUT2D eigenvalue weighted by Gasteiger charge is -2.23. The summed E-state index contributed by atoms with van der Waals surface area (Å²) in [5, 5.41) is 1.02. The minimum Gasteiger partial charge on any atom is -0.467 e. The lowest BCUT2D eigenvalue weighted by Crippen LogP contribution is -2.23. The Labute approximate surface area is 139 Å². The molecular formula is C19H17N3O2. The number of hydrogen-bond acceptors (Lipinski definition) is 5. The zero-order chi connectivity index (χ0) is 16.4. The highest BCUT2D eigenvalue weighted by molar-refractivity contribution is 5.89. The van der Waals surface area contributed by atoms with Gasteiger partial charge in [-0.05, 0) is 43.3 Å². The average molecular weight is 319 g/mol. The van der Waals surface area contributed by atoms with Crippen molar-refractivity contribution in [1.82, 2.24) is 9.97 Å². The largest absolute Gasteiger partial charge is 0.467 e. The molecule has 0 fully saturated rings. The number of fused-ring (bicyclic) bond motifs is 1. The predicted molar refractivity (Wildman–Crippen MR) is 91.6 cm³/mol. The van der Waals surface area contributed by atoms with Gasteiger partial charge in [-0.15, -0.1) is 0 Å². The summed E-state index contributed by atoms with van der Waals surface area (Å²) in [5.74, 6) is 2.62. The Balaban J connectivity index is 1.78. The molecule has 0 aliphatic carbocycles. The van der Waals surface area contributed by atoms with Crippen LogP contribution in [0.3, 0.4) is 0 Å². The van der Waals surface area contributed by atoms with Gasteiger partial charge in [0.1, 0.15) is 23.7 Å². The molecule has 0 N–H and O–H groups in total. The van der Waals surface area contributed by atoms with E-state index in [4.69, 9.17) is 8.83 Å². The topological polar surface area (TPSA) is 55.3 Å². The fourth-order valence-electron chi connectivity index (χ4n) is 2.80. The van der Waals surface area contributed by atoms with E-state index < -0.39 is 0 Å². The quantitative estimate of drug-likeness (QED) is 0.548. The van der Waals surface area contributed by atoms with Gasteiger partial charge in [0, 0.05) is 5.39 Å². The molecule has 120 valence electrons. The first-order valence-electron chi connectivity index (χ1n) is 7.81. The van der Waals surface area contributed by atoms with Crippen LogP contribution in [0.25, 0.3) is 10.9 Å². The Bertz CT molecular complexity index is 894. The van der Waals surface area contributed by atoms with E-state index >= 15 is 0 Å². The van der Waals surface area contributed by atoms with Crippen LogP contribution in [-0.4, -0.2) is 9.97 Å². The summed E-state index contributed by atoms with van der Waals surface area (Å²) in [4.78, 5) is 11.1. The maximum atomic E-state index is 5.52. The van der Waals surface area contributed by atoms with Crippen molar-refractivity contribution in [2.75, 3.05) is 4.90 Å². The summed E-state index contributed by atoms with van der Waals surface area (Å²) in [6, 6.07) is 13.9. The van der Waals surface area contributed by atoms with Gasteiger partial charge in [0.25, 0.3) is 0 Å². The third kappa shape index (κ3) is 2.88. The van der Waals surface area contributed by atoms with Crippen LogP contribution in [-0.2, 0) is 13.1 Å². The van der Waals surface area contributed by atoms with Gasteiger partial charge in [-0.2, -0.15) is 0 Å². The van der Waals surface area contributed by atoms with Gasteiger partial charge in [-0.3, -0.25) is 0 Å². The van der Waals surface area contributed by atoms with Crippen LogP contribution in [0.1, 0.15) is 17.1 Å². The molecule has 4 rings (SSSR count). The highest BCUT2D eigenvalue weighted by atomic mass is 16.3. The molecule has 0 bridgehead atoms. The summed E-state index contributed by atoms with van der Waals surface area (Å²) in [6.45, 7) is 3.28. The van der Waals surface area contributed by atoms with Crippen molar-refractivity contribution in [1.29, 1.82) is 0 Å². The predicted octanol–water partition coefficient (Wildman–Crippen LogP) is 4.33. The molecule has 0 saturated carbocycles. The van der Waals surface area contributed by atoms with E-state index in [1.807, 2.05) is 30.3 Å². The van der Waals surface area contributed by atoms with E-state index in [1.165, 1.54) is 5.56 Å². The molecule has 0 unspecified atom stereocenters. The molecule has 3 heterocycles. The van der Waals surface area contributed by atoms with Gasteiger partial charge in [-0.25, -0.2) is 9.97 Å². The number of anilines is 1. The molecule has 5 heteroatoms. The smallest absolute Gasteiger partial charge is 0.140 e. The molecule has 4 aromatic rings. The molecule has 0 aliphatic rings. The number of hydrogen-bond donors (Lipinski definition) is 0. The molecule has 3 aromatic heterocycles. The van der Waals surface area contributed by atoms with E-state index in [9.17, 15) is 0 Å². The van der Waals surface area contributed by atoms with Crippen LogP contribution in [0.2, 0.25) is 0 Å². The molecule has 24 heavy (non-hydrogen) atoms. The van der Waals surface area contributed by atoms with Gasteiger partial charge < -0.3 is 13.7 Å². The van der Waals surface area contributed by atoms with Crippen molar-refractivity contribution in [3.63, 3.8) is 0 Å². The van der Waals surface area contributed by atoms with Crippen LogP contribution in [0, 0.1) is 6.92 Å². The van der Waals surface area contributed by atoms with Crippen molar-refractivity contribution < 1.29 is 8.83 Å². The Morgan fingerprint density at radius 3 is 2.25 bits per heavy atom. The lowest BCUT2D eigenvalue weighted by atomic mass is 10.1. The highest BCUT2D eigenvalue weighted by Crippen LogP contribution is 2.27. The summed E-state index contributed by atoms with van der Waals surface area (Å²) in [6.07, 6.45) is 4.97. The molecule has 0 atom stereocenters. The molecule has 0 saturated heterocycles. The number of rotatable bonds is 5. The second kappa shape index (κ2) is 6.20. The average Bonchev–Trinajstić information content (AvgIpc) is 3.27. The SMILES string of the molecule is Cc1ccc2ncnc(N(Cc3ccco3)Cc3ccco3)c2c1. The Kier molecular flexibility index (Phi) is 3.75. The first-order chi connectivity index (χ1) is 11.8. The van der Waals surface area contributed by atoms with Crippen molar-refractivity contribution >= 4 is 16.7 Å². The number of benzene rings is 1. The maximum absolute atomic E-state index is 5.52. The van der Waals surface area contributed by atoms with E-state index in [1.54, 1.807) is 18.9 Å². The normalized spacial score (nSPS) is 11.0. The molecule has 1 aromatic carbocycles. The van der Waals surface area contributed by atoms with Crippen molar-refractivity contribution in [2.24, 2.45) is 0 Å². The first kappa shape index (κ1) is 14.5. The van der Waals surface area contributed by atoms with Crippen LogP contribution in [0.15, 0.2) is 70.2 Å². The van der Waals surface area contributed by atoms with Gasteiger partial charge >= 0.3 is 0 Å². The monoisotopic (exact) mass is 319 g/mol. The minimum atomic E-state index is 0.605.